The number of rotatable bonds is 6. The second-order valence-electron chi connectivity index (χ2n) is 7.04. The number of aromatic hydroxyl groups is 1. The van der Waals surface area contributed by atoms with Crippen LogP contribution in [0.2, 0.25) is 0 Å². The van der Waals surface area contributed by atoms with Crippen molar-refractivity contribution < 1.29 is 9.90 Å². The fraction of sp³-hybridized carbons (Fsp3) is 0.208. The molecule has 6 nitrogen and oxygen atoms in total. The maximum Gasteiger partial charge on any atom is 0.242 e. The van der Waals surface area contributed by atoms with Gasteiger partial charge in [-0.1, -0.05) is 54.6 Å². The molecule has 0 saturated carbocycles. The highest BCUT2D eigenvalue weighted by molar-refractivity contribution is 5.96. The second-order valence-corrected chi connectivity index (χ2v) is 7.04. The lowest BCUT2D eigenvalue weighted by molar-refractivity contribution is -0.131. The zero-order chi connectivity index (χ0) is 21.1. The highest BCUT2D eigenvalue weighted by atomic mass is 16.3. The molecule has 1 aromatic heterocycles. The lowest BCUT2D eigenvalue weighted by Crippen LogP contribution is -2.33. The molecule has 0 aliphatic carbocycles. The number of azo groups is 1. The minimum Gasteiger partial charge on any atom is -0.493 e. The number of fused-ring (bicyclic) bond motifs is 2. The van der Waals surface area contributed by atoms with Crippen molar-refractivity contribution in [3.05, 3.63) is 66.7 Å². The summed E-state index contributed by atoms with van der Waals surface area (Å²) < 4.78 is 1.60. The fourth-order valence-corrected chi connectivity index (χ4v) is 3.74. The summed E-state index contributed by atoms with van der Waals surface area (Å²) in [5, 5.41) is 22.6. The van der Waals surface area contributed by atoms with E-state index in [1.807, 2.05) is 80.6 Å². The van der Waals surface area contributed by atoms with Crippen molar-refractivity contribution in [1.82, 2.24) is 9.47 Å². The molecule has 3 aromatic carbocycles. The van der Waals surface area contributed by atoms with Crippen LogP contribution < -0.4 is 0 Å². The van der Waals surface area contributed by atoms with Crippen molar-refractivity contribution in [2.45, 2.75) is 20.4 Å². The van der Waals surface area contributed by atoms with Gasteiger partial charge in [0.25, 0.3) is 0 Å². The summed E-state index contributed by atoms with van der Waals surface area (Å²) in [6, 6.07) is 21.3. The van der Waals surface area contributed by atoms with E-state index in [0.29, 0.717) is 18.8 Å². The molecule has 0 bridgehead atoms. The van der Waals surface area contributed by atoms with Crippen LogP contribution >= 0.6 is 0 Å². The first-order valence-corrected chi connectivity index (χ1v) is 10.1. The van der Waals surface area contributed by atoms with Gasteiger partial charge < -0.3 is 14.6 Å². The number of benzene rings is 3. The average Bonchev–Trinajstić information content (AvgIpc) is 3.04. The van der Waals surface area contributed by atoms with Gasteiger partial charge in [-0.2, -0.15) is 0 Å². The smallest absolute Gasteiger partial charge is 0.242 e. The normalized spacial score (nSPS) is 11.5. The van der Waals surface area contributed by atoms with Crippen LogP contribution in [0.1, 0.15) is 13.8 Å². The molecule has 152 valence electrons. The lowest BCUT2D eigenvalue weighted by Gasteiger charge is -2.19. The highest BCUT2D eigenvalue weighted by Gasteiger charge is 2.20. The summed E-state index contributed by atoms with van der Waals surface area (Å²) in [7, 11) is 0. The second kappa shape index (κ2) is 8.37. The van der Waals surface area contributed by atoms with Crippen molar-refractivity contribution in [2.24, 2.45) is 10.2 Å². The number of aromatic nitrogens is 1. The van der Waals surface area contributed by atoms with Crippen LogP contribution in [-0.2, 0) is 11.3 Å². The predicted molar refractivity (Wildman–Crippen MR) is 120 cm³/mol. The number of carbonyl (C=O) groups excluding carboxylic acids is 1. The Kier molecular flexibility index (Phi) is 5.48. The van der Waals surface area contributed by atoms with Crippen LogP contribution in [0.4, 0.5) is 11.4 Å². The number of hydrogen-bond donors (Lipinski definition) is 1. The summed E-state index contributed by atoms with van der Waals surface area (Å²) in [5.74, 6) is -0.103. The van der Waals surface area contributed by atoms with Crippen LogP contribution in [-0.4, -0.2) is 33.6 Å². The molecule has 6 heteroatoms. The first-order chi connectivity index (χ1) is 14.6. The summed E-state index contributed by atoms with van der Waals surface area (Å²) in [6.07, 6.45) is 0. The van der Waals surface area contributed by atoms with Gasteiger partial charge in [0.2, 0.25) is 11.8 Å². The number of para-hydroxylation sites is 1. The van der Waals surface area contributed by atoms with E-state index in [1.54, 1.807) is 9.47 Å². The maximum absolute atomic E-state index is 12.6. The largest absolute Gasteiger partial charge is 0.493 e. The van der Waals surface area contributed by atoms with E-state index in [1.165, 1.54) is 0 Å². The van der Waals surface area contributed by atoms with E-state index in [4.69, 9.17) is 0 Å². The zero-order valence-corrected chi connectivity index (χ0v) is 17.1. The number of likely N-dealkylation sites (N-methyl/N-ethyl adjacent to an activating group) is 1. The third-order valence-electron chi connectivity index (χ3n) is 5.35. The van der Waals surface area contributed by atoms with E-state index < -0.39 is 0 Å². The highest BCUT2D eigenvalue weighted by Crippen LogP contribution is 2.40. The Morgan fingerprint density at radius 3 is 2.33 bits per heavy atom. The van der Waals surface area contributed by atoms with Gasteiger partial charge in [0, 0.05) is 23.9 Å². The van der Waals surface area contributed by atoms with Crippen molar-refractivity contribution in [2.75, 3.05) is 13.1 Å². The summed E-state index contributed by atoms with van der Waals surface area (Å²) in [4.78, 5) is 14.4. The molecule has 0 unspecified atom stereocenters. The van der Waals surface area contributed by atoms with Crippen molar-refractivity contribution in [1.29, 1.82) is 0 Å². The molecule has 0 spiro atoms. The summed E-state index contributed by atoms with van der Waals surface area (Å²) >= 11 is 0. The van der Waals surface area contributed by atoms with E-state index in [2.05, 4.69) is 10.2 Å². The molecule has 4 rings (SSSR count). The minimum atomic E-state index is -0.0549. The van der Waals surface area contributed by atoms with Gasteiger partial charge >= 0.3 is 0 Å². The Morgan fingerprint density at radius 2 is 1.57 bits per heavy atom. The molecule has 30 heavy (non-hydrogen) atoms. The van der Waals surface area contributed by atoms with Gasteiger partial charge in [-0.05, 0) is 31.4 Å². The lowest BCUT2D eigenvalue weighted by atomic mass is 10.1. The van der Waals surface area contributed by atoms with E-state index in [0.717, 1.165) is 27.4 Å². The number of carbonyl (C=O) groups is 1. The topological polar surface area (TPSA) is 70.2 Å². The van der Waals surface area contributed by atoms with Gasteiger partial charge in [-0.15, -0.1) is 10.2 Å². The van der Waals surface area contributed by atoms with Crippen LogP contribution in [0.25, 0.3) is 21.7 Å². The molecule has 1 amide bonds. The molecule has 0 atom stereocenters. The fourth-order valence-electron chi connectivity index (χ4n) is 3.74. The molecule has 0 aliphatic heterocycles. The molecule has 1 heterocycles. The predicted octanol–water partition coefficient (Wildman–Crippen LogP) is 5.78. The molecule has 4 aromatic rings. The zero-order valence-electron chi connectivity index (χ0n) is 17.1. The van der Waals surface area contributed by atoms with Crippen molar-refractivity contribution in [3.63, 3.8) is 0 Å². The number of nitrogens with zero attached hydrogens (tertiary/aromatic N) is 4. The van der Waals surface area contributed by atoms with Gasteiger partial charge in [0.05, 0.1) is 11.2 Å². The quantitative estimate of drug-likeness (QED) is 0.417. The molecular formula is C24H24N4O2. The maximum atomic E-state index is 12.6. The SMILES string of the molecule is CCN(CC)C(=O)Cn1c(O)c(N=Nc2cccc3ccccc23)c2ccccc21. The van der Waals surface area contributed by atoms with Crippen LogP contribution in [0.5, 0.6) is 5.88 Å². The Balaban J connectivity index is 1.77. The van der Waals surface area contributed by atoms with E-state index in [9.17, 15) is 9.90 Å². The Morgan fingerprint density at radius 1 is 0.900 bits per heavy atom. The molecule has 0 radical (unpaired) electrons. The monoisotopic (exact) mass is 400 g/mol. The Hall–Kier alpha value is -3.67. The van der Waals surface area contributed by atoms with Crippen molar-refractivity contribution in [3.8, 4) is 5.88 Å². The third kappa shape index (κ3) is 3.52. The van der Waals surface area contributed by atoms with Gasteiger partial charge in [-0.25, -0.2) is 0 Å². The average molecular weight is 400 g/mol. The molecular weight excluding hydrogens is 376 g/mol. The number of hydrogen-bond acceptors (Lipinski definition) is 4. The third-order valence-corrected chi connectivity index (χ3v) is 5.35. The molecule has 0 fully saturated rings. The molecule has 0 aliphatic rings. The standard InChI is InChI=1S/C24H24N4O2/c1-3-27(4-2)22(29)16-28-21-15-8-7-13-19(21)23(24(28)30)26-25-20-14-9-11-17-10-5-6-12-18(17)20/h5-15,30H,3-4,16H2,1-2H3. The molecule has 1 N–H and O–H groups in total. The van der Waals surface area contributed by atoms with Crippen LogP contribution in [0.15, 0.2) is 77.0 Å². The first kappa shape index (κ1) is 19.6. The van der Waals surface area contributed by atoms with Crippen molar-refractivity contribution >= 4 is 39.0 Å². The Labute approximate surface area is 175 Å². The van der Waals surface area contributed by atoms with E-state index >= 15 is 0 Å². The van der Waals surface area contributed by atoms with Gasteiger partial charge in [0.15, 0.2) is 5.69 Å². The summed E-state index contributed by atoms with van der Waals surface area (Å²) in [5.41, 5.74) is 1.84. The van der Waals surface area contributed by atoms with E-state index in [-0.39, 0.29) is 18.3 Å². The van der Waals surface area contributed by atoms with Gasteiger partial charge in [-0.3, -0.25) is 4.79 Å². The van der Waals surface area contributed by atoms with Crippen LogP contribution in [0.3, 0.4) is 0 Å². The summed E-state index contributed by atoms with van der Waals surface area (Å²) in [6.45, 7) is 5.20. The first-order valence-electron chi connectivity index (χ1n) is 10.1. The minimum absolute atomic E-state index is 0.0476. The Bertz CT molecular complexity index is 1230. The molecule has 0 saturated heterocycles. The van der Waals surface area contributed by atoms with Gasteiger partial charge in [0.1, 0.15) is 6.54 Å². The number of amides is 1. The van der Waals surface area contributed by atoms with Crippen LogP contribution in [0, 0.1) is 0 Å².